The number of rotatable bonds is 4. The number of amides is 1. The van der Waals surface area contributed by atoms with Crippen LogP contribution in [0, 0.1) is 5.92 Å². The van der Waals surface area contributed by atoms with Crippen molar-refractivity contribution in [3.05, 3.63) is 84.7 Å². The summed E-state index contributed by atoms with van der Waals surface area (Å²) in [6.07, 6.45) is 9.34. The van der Waals surface area contributed by atoms with Crippen LogP contribution >= 0.6 is 0 Å². The van der Waals surface area contributed by atoms with E-state index < -0.39 is 0 Å². The summed E-state index contributed by atoms with van der Waals surface area (Å²) in [6.45, 7) is 3.06. The van der Waals surface area contributed by atoms with Crippen LogP contribution in [0.25, 0.3) is 0 Å². The van der Waals surface area contributed by atoms with Gasteiger partial charge in [0.05, 0.1) is 5.69 Å². The van der Waals surface area contributed by atoms with Crippen LogP contribution in [0.4, 0.5) is 5.69 Å². The highest BCUT2D eigenvalue weighted by molar-refractivity contribution is 5.94. The Kier molecular flexibility index (Phi) is 5.56. The lowest BCUT2D eigenvalue weighted by molar-refractivity contribution is 0.0747. The van der Waals surface area contributed by atoms with Crippen LogP contribution in [-0.2, 0) is 6.42 Å². The van der Waals surface area contributed by atoms with Crippen molar-refractivity contribution in [3.8, 4) is 0 Å². The van der Waals surface area contributed by atoms with Gasteiger partial charge in [0.25, 0.3) is 5.91 Å². The molecule has 1 atom stereocenters. The second-order valence-electron chi connectivity index (χ2n) is 7.04. The van der Waals surface area contributed by atoms with Crippen molar-refractivity contribution in [1.29, 1.82) is 0 Å². The second-order valence-corrected chi connectivity index (χ2v) is 7.04. The maximum absolute atomic E-state index is 13.0. The average Bonchev–Trinajstić information content (AvgIpc) is 2.98. The van der Waals surface area contributed by atoms with Gasteiger partial charge < -0.3 is 9.80 Å². The second kappa shape index (κ2) is 8.61. The molecule has 0 aliphatic carbocycles. The van der Waals surface area contributed by atoms with Crippen molar-refractivity contribution < 1.29 is 4.79 Å². The number of carbonyl (C=O) groups excluding carboxylic acids is 1. The first-order chi connectivity index (χ1) is 13.8. The molecule has 1 aliphatic rings. The van der Waals surface area contributed by atoms with E-state index in [4.69, 9.17) is 0 Å². The lowest BCUT2D eigenvalue weighted by Gasteiger charge is -2.25. The van der Waals surface area contributed by atoms with Gasteiger partial charge in [-0.1, -0.05) is 18.2 Å². The third-order valence-corrected chi connectivity index (χ3v) is 5.05. The molecule has 28 heavy (non-hydrogen) atoms. The third kappa shape index (κ3) is 4.34. The molecule has 1 amide bonds. The van der Waals surface area contributed by atoms with Crippen molar-refractivity contribution in [2.24, 2.45) is 5.92 Å². The number of nitrogens with zero attached hydrogens (tertiary/aromatic N) is 5. The molecular formula is C22H23N5O. The number of hydrogen-bond acceptors (Lipinski definition) is 5. The average molecular weight is 373 g/mol. The summed E-state index contributed by atoms with van der Waals surface area (Å²) in [7, 11) is 0. The van der Waals surface area contributed by atoms with Gasteiger partial charge in [0.1, 0.15) is 0 Å². The van der Waals surface area contributed by atoms with E-state index in [9.17, 15) is 4.79 Å². The standard InChI is InChI=1S/C22H23N5O/c28-22(19-6-8-23-9-7-19)27-13-12-26(21-4-2-1-3-5-21)16-18(17-27)14-20-15-24-10-11-25-20/h1-11,15,18H,12-14,16-17H2/t18-/m0/s1. The minimum Gasteiger partial charge on any atom is -0.369 e. The van der Waals surface area contributed by atoms with Crippen molar-refractivity contribution in [1.82, 2.24) is 19.9 Å². The normalized spacial score (nSPS) is 17.2. The van der Waals surface area contributed by atoms with Gasteiger partial charge in [0, 0.05) is 68.4 Å². The molecule has 1 aliphatic heterocycles. The molecule has 1 aromatic carbocycles. The van der Waals surface area contributed by atoms with Crippen LogP contribution < -0.4 is 4.90 Å². The van der Waals surface area contributed by atoms with E-state index in [1.165, 1.54) is 5.69 Å². The Bertz CT molecular complexity index is 889. The fraction of sp³-hybridized carbons (Fsp3) is 0.273. The number of aromatic nitrogens is 3. The quantitative estimate of drug-likeness (QED) is 0.704. The Balaban J connectivity index is 1.57. The van der Waals surface area contributed by atoms with Crippen molar-refractivity contribution >= 4 is 11.6 Å². The molecular weight excluding hydrogens is 350 g/mol. The Morgan fingerprint density at radius 1 is 0.929 bits per heavy atom. The molecule has 0 spiro atoms. The first-order valence-electron chi connectivity index (χ1n) is 9.54. The largest absolute Gasteiger partial charge is 0.369 e. The molecule has 3 aromatic rings. The first-order valence-corrected chi connectivity index (χ1v) is 9.54. The first kappa shape index (κ1) is 18.1. The Morgan fingerprint density at radius 3 is 2.50 bits per heavy atom. The van der Waals surface area contributed by atoms with Gasteiger partial charge in [-0.3, -0.25) is 19.7 Å². The fourth-order valence-corrected chi connectivity index (χ4v) is 3.70. The highest BCUT2D eigenvalue weighted by Gasteiger charge is 2.27. The summed E-state index contributed by atoms with van der Waals surface area (Å²) < 4.78 is 0. The molecule has 2 aromatic heterocycles. The Morgan fingerprint density at radius 2 is 1.75 bits per heavy atom. The topological polar surface area (TPSA) is 62.2 Å². The number of benzene rings is 1. The molecule has 1 saturated heterocycles. The number of hydrogen-bond donors (Lipinski definition) is 0. The number of pyridine rings is 1. The summed E-state index contributed by atoms with van der Waals surface area (Å²) in [4.78, 5) is 30.0. The summed E-state index contributed by atoms with van der Waals surface area (Å²) in [5.41, 5.74) is 2.82. The van der Waals surface area contributed by atoms with E-state index >= 15 is 0 Å². The van der Waals surface area contributed by atoms with Gasteiger partial charge in [-0.2, -0.15) is 0 Å². The van der Waals surface area contributed by atoms with Gasteiger partial charge in [0.15, 0.2) is 0 Å². The Hall–Kier alpha value is -3.28. The molecule has 142 valence electrons. The smallest absolute Gasteiger partial charge is 0.254 e. The predicted molar refractivity (Wildman–Crippen MR) is 108 cm³/mol. The van der Waals surface area contributed by atoms with E-state index in [1.807, 2.05) is 17.2 Å². The summed E-state index contributed by atoms with van der Waals surface area (Å²) in [5, 5.41) is 0. The van der Waals surface area contributed by atoms with Crippen LogP contribution in [0.5, 0.6) is 0 Å². The monoisotopic (exact) mass is 373 g/mol. The predicted octanol–water partition coefficient (Wildman–Crippen LogP) is 2.69. The molecule has 6 nitrogen and oxygen atoms in total. The molecule has 0 unspecified atom stereocenters. The number of carbonyl (C=O) groups is 1. The lowest BCUT2D eigenvalue weighted by Crippen LogP contribution is -2.36. The minimum absolute atomic E-state index is 0.0569. The summed E-state index contributed by atoms with van der Waals surface area (Å²) >= 11 is 0. The van der Waals surface area contributed by atoms with Crippen molar-refractivity contribution in [2.75, 3.05) is 31.1 Å². The zero-order valence-corrected chi connectivity index (χ0v) is 15.7. The van der Waals surface area contributed by atoms with Gasteiger partial charge in [0.2, 0.25) is 0 Å². The van der Waals surface area contributed by atoms with Crippen molar-refractivity contribution in [3.63, 3.8) is 0 Å². The molecule has 4 rings (SSSR count). The lowest BCUT2D eigenvalue weighted by atomic mass is 10.0. The highest BCUT2D eigenvalue weighted by atomic mass is 16.2. The summed E-state index contributed by atoms with van der Waals surface area (Å²) in [5.74, 6) is 0.326. The molecule has 0 bridgehead atoms. The van der Waals surface area contributed by atoms with Gasteiger partial charge in [-0.05, 0) is 36.6 Å². The maximum atomic E-state index is 13.0. The van der Waals surface area contributed by atoms with E-state index in [-0.39, 0.29) is 11.8 Å². The van der Waals surface area contributed by atoms with Gasteiger partial charge >= 0.3 is 0 Å². The fourth-order valence-electron chi connectivity index (χ4n) is 3.70. The summed E-state index contributed by atoms with van der Waals surface area (Å²) in [6, 6.07) is 13.9. The maximum Gasteiger partial charge on any atom is 0.254 e. The van der Waals surface area contributed by atoms with E-state index in [0.29, 0.717) is 18.7 Å². The van der Waals surface area contributed by atoms with Gasteiger partial charge in [-0.15, -0.1) is 0 Å². The molecule has 1 fully saturated rings. The third-order valence-electron chi connectivity index (χ3n) is 5.05. The van der Waals surface area contributed by atoms with Crippen LogP contribution in [0.2, 0.25) is 0 Å². The zero-order chi connectivity index (χ0) is 19.2. The van der Waals surface area contributed by atoms with Crippen molar-refractivity contribution in [2.45, 2.75) is 6.42 Å². The molecule has 0 saturated carbocycles. The van der Waals surface area contributed by atoms with Crippen LogP contribution in [0.1, 0.15) is 16.1 Å². The molecule has 3 heterocycles. The highest BCUT2D eigenvalue weighted by Crippen LogP contribution is 2.21. The number of anilines is 1. The Labute approximate surface area is 164 Å². The number of para-hydroxylation sites is 1. The van der Waals surface area contributed by atoms with Crippen LogP contribution in [0.3, 0.4) is 0 Å². The molecule has 0 N–H and O–H groups in total. The molecule has 0 radical (unpaired) electrons. The van der Waals surface area contributed by atoms with Crippen LogP contribution in [0.15, 0.2) is 73.4 Å². The zero-order valence-electron chi connectivity index (χ0n) is 15.7. The minimum atomic E-state index is 0.0569. The van der Waals surface area contributed by atoms with Crippen LogP contribution in [-0.4, -0.2) is 51.9 Å². The van der Waals surface area contributed by atoms with E-state index in [0.717, 1.165) is 25.2 Å². The van der Waals surface area contributed by atoms with E-state index in [1.54, 1.807) is 36.9 Å². The molecule has 6 heteroatoms. The SMILES string of the molecule is O=C(c1ccncc1)N1CCN(c2ccccc2)C[C@H](Cc2cnccn2)C1. The van der Waals surface area contributed by atoms with E-state index in [2.05, 4.69) is 44.1 Å². The van der Waals surface area contributed by atoms with Gasteiger partial charge in [-0.25, -0.2) is 0 Å².